The summed E-state index contributed by atoms with van der Waals surface area (Å²) in [6.45, 7) is 21.2. The van der Waals surface area contributed by atoms with Crippen molar-refractivity contribution in [1.29, 1.82) is 0 Å². The van der Waals surface area contributed by atoms with Crippen molar-refractivity contribution in [1.82, 2.24) is 0 Å². The van der Waals surface area contributed by atoms with Gasteiger partial charge in [-0.15, -0.1) is 0 Å². The highest BCUT2D eigenvalue weighted by Crippen LogP contribution is 1.88. The first-order chi connectivity index (χ1) is 8.23. The standard InChI is InChI=1S/C8H12.C4H10.C3H6O.C2H6/c1-4-5-6-7-8(2)3;1-4(2)3;1-3(2)4;1-2/h4-7H,2H2,1,3H3;4H,1-3H3;1-2H3;1-2H3/b5-4-,7-6-;;;. The van der Waals surface area contributed by atoms with Crippen molar-refractivity contribution < 1.29 is 4.79 Å². The molecule has 0 saturated carbocycles. The van der Waals surface area contributed by atoms with E-state index >= 15 is 0 Å². The summed E-state index contributed by atoms with van der Waals surface area (Å²) in [5.74, 6) is 1.00. The number of hydrogen-bond acceptors (Lipinski definition) is 1. The minimum Gasteiger partial charge on any atom is -0.300 e. The number of rotatable bonds is 2. The van der Waals surface area contributed by atoms with Crippen molar-refractivity contribution in [3.05, 3.63) is 36.5 Å². The molecule has 0 spiro atoms. The smallest absolute Gasteiger partial charge is 0.126 e. The van der Waals surface area contributed by atoms with Crippen LogP contribution in [-0.2, 0) is 4.79 Å². The first-order valence-electron chi connectivity index (χ1n) is 6.66. The van der Waals surface area contributed by atoms with Crippen LogP contribution < -0.4 is 0 Å². The van der Waals surface area contributed by atoms with Crippen molar-refractivity contribution in [2.45, 2.75) is 62.3 Å². The normalized spacial score (nSPS) is 8.78. The van der Waals surface area contributed by atoms with Gasteiger partial charge in [-0.1, -0.05) is 71.1 Å². The molecule has 0 unspecified atom stereocenters. The lowest BCUT2D eigenvalue weighted by Gasteiger charge is -1.79. The Kier molecular flexibility index (Phi) is 35.5. The summed E-state index contributed by atoms with van der Waals surface area (Å²) < 4.78 is 0. The Hall–Kier alpha value is -1.11. The van der Waals surface area contributed by atoms with Crippen LogP contribution >= 0.6 is 0 Å². The van der Waals surface area contributed by atoms with Gasteiger partial charge in [0.15, 0.2) is 0 Å². The third-order valence-corrected chi connectivity index (χ3v) is 0.684. The molecule has 0 atom stereocenters. The second-order valence-corrected chi connectivity index (χ2v) is 4.37. The zero-order valence-electron chi connectivity index (χ0n) is 14.0. The summed E-state index contributed by atoms with van der Waals surface area (Å²) in [5, 5.41) is 0. The summed E-state index contributed by atoms with van der Waals surface area (Å²) in [6.07, 6.45) is 7.91. The van der Waals surface area contributed by atoms with Crippen LogP contribution in [0.2, 0.25) is 0 Å². The Morgan fingerprint density at radius 1 is 1.00 bits per heavy atom. The molecule has 1 nitrogen and oxygen atoms in total. The predicted octanol–water partition coefficient (Wildman–Crippen LogP) is 5.98. The fraction of sp³-hybridized carbons (Fsp3) is 0.588. The lowest BCUT2D eigenvalue weighted by atomic mass is 10.3. The number of carbonyl (C=O) groups is 1. The Morgan fingerprint density at radius 2 is 1.28 bits per heavy atom. The third-order valence-electron chi connectivity index (χ3n) is 0.684. The van der Waals surface area contributed by atoms with Gasteiger partial charge in [-0.3, -0.25) is 0 Å². The quantitative estimate of drug-likeness (QED) is 0.554. The van der Waals surface area contributed by atoms with Crippen LogP contribution in [0.15, 0.2) is 36.5 Å². The number of allylic oxidation sites excluding steroid dienone is 5. The summed E-state index contributed by atoms with van der Waals surface area (Å²) in [5.41, 5.74) is 1.09. The molecule has 0 aliphatic heterocycles. The van der Waals surface area contributed by atoms with Crippen LogP contribution in [0.3, 0.4) is 0 Å². The molecule has 0 heterocycles. The number of hydrogen-bond donors (Lipinski definition) is 0. The van der Waals surface area contributed by atoms with E-state index in [4.69, 9.17) is 0 Å². The molecule has 0 aliphatic carbocycles. The number of ketones is 1. The lowest BCUT2D eigenvalue weighted by molar-refractivity contribution is -0.114. The molecule has 1 heteroatoms. The van der Waals surface area contributed by atoms with E-state index in [0.29, 0.717) is 0 Å². The monoisotopic (exact) mass is 254 g/mol. The molecule has 18 heavy (non-hydrogen) atoms. The van der Waals surface area contributed by atoms with Gasteiger partial charge in [-0.25, -0.2) is 0 Å². The van der Waals surface area contributed by atoms with Crippen molar-refractivity contribution in [2.75, 3.05) is 0 Å². The second-order valence-electron chi connectivity index (χ2n) is 4.37. The maximum Gasteiger partial charge on any atom is 0.126 e. The van der Waals surface area contributed by atoms with Crippen molar-refractivity contribution in [3.63, 3.8) is 0 Å². The van der Waals surface area contributed by atoms with Crippen LogP contribution in [0.25, 0.3) is 0 Å². The van der Waals surface area contributed by atoms with Crippen LogP contribution in [-0.4, -0.2) is 5.78 Å². The molecule has 0 aliphatic rings. The van der Waals surface area contributed by atoms with Gasteiger partial charge in [0.2, 0.25) is 0 Å². The van der Waals surface area contributed by atoms with Gasteiger partial charge in [0.05, 0.1) is 0 Å². The van der Waals surface area contributed by atoms with Crippen molar-refractivity contribution >= 4 is 5.78 Å². The predicted molar refractivity (Wildman–Crippen MR) is 87.0 cm³/mol. The van der Waals surface area contributed by atoms with E-state index < -0.39 is 0 Å². The van der Waals surface area contributed by atoms with E-state index in [9.17, 15) is 4.79 Å². The summed E-state index contributed by atoms with van der Waals surface area (Å²) in [6, 6.07) is 0. The van der Waals surface area contributed by atoms with Gasteiger partial charge in [-0.2, -0.15) is 0 Å². The molecular formula is C17H34O. The molecule has 0 aromatic rings. The van der Waals surface area contributed by atoms with E-state index in [2.05, 4.69) is 27.4 Å². The molecular weight excluding hydrogens is 220 g/mol. The topological polar surface area (TPSA) is 17.1 Å². The Balaban J connectivity index is -0.0000000834. The maximum atomic E-state index is 9.44. The van der Waals surface area contributed by atoms with E-state index in [0.717, 1.165) is 11.5 Å². The summed E-state index contributed by atoms with van der Waals surface area (Å²) in [4.78, 5) is 9.44. The van der Waals surface area contributed by atoms with Crippen LogP contribution in [0.5, 0.6) is 0 Å². The highest BCUT2D eigenvalue weighted by atomic mass is 16.1. The van der Waals surface area contributed by atoms with Crippen LogP contribution in [0, 0.1) is 5.92 Å². The van der Waals surface area contributed by atoms with E-state index in [1.165, 1.54) is 13.8 Å². The molecule has 0 N–H and O–H groups in total. The van der Waals surface area contributed by atoms with Crippen molar-refractivity contribution in [2.24, 2.45) is 5.92 Å². The first-order valence-corrected chi connectivity index (χ1v) is 6.66. The largest absolute Gasteiger partial charge is 0.300 e. The Bertz CT molecular complexity index is 213. The van der Waals surface area contributed by atoms with Gasteiger partial charge in [0.25, 0.3) is 0 Å². The van der Waals surface area contributed by atoms with Gasteiger partial charge in [-0.05, 0) is 33.6 Å². The zero-order valence-corrected chi connectivity index (χ0v) is 14.0. The maximum absolute atomic E-state index is 9.44. The highest BCUT2D eigenvalue weighted by Gasteiger charge is 1.68. The molecule has 0 aromatic carbocycles. The van der Waals surface area contributed by atoms with Gasteiger partial charge < -0.3 is 4.79 Å². The lowest BCUT2D eigenvalue weighted by Crippen LogP contribution is -1.69. The van der Waals surface area contributed by atoms with Gasteiger partial charge in [0.1, 0.15) is 5.78 Å². The Labute approximate surface area is 116 Å². The molecule has 0 amide bonds. The van der Waals surface area contributed by atoms with Crippen LogP contribution in [0.1, 0.15) is 62.3 Å². The second kappa shape index (κ2) is 24.9. The van der Waals surface area contributed by atoms with E-state index in [1.54, 1.807) is 0 Å². The molecule has 0 bridgehead atoms. The number of Topliss-reactive ketones (excluding diaryl/α,β-unsaturated/α-hetero) is 1. The minimum absolute atomic E-state index is 0.167. The molecule has 0 rings (SSSR count). The van der Waals surface area contributed by atoms with Crippen LogP contribution in [0.4, 0.5) is 0 Å². The molecule has 0 aromatic heterocycles. The van der Waals surface area contributed by atoms with Crippen molar-refractivity contribution in [3.8, 4) is 0 Å². The average molecular weight is 254 g/mol. The van der Waals surface area contributed by atoms with E-state index in [-0.39, 0.29) is 5.78 Å². The number of carbonyl (C=O) groups excluding carboxylic acids is 1. The average Bonchev–Trinajstić information content (AvgIpc) is 2.19. The molecule has 0 radical (unpaired) electrons. The summed E-state index contributed by atoms with van der Waals surface area (Å²) in [7, 11) is 0. The molecule has 0 fully saturated rings. The Morgan fingerprint density at radius 3 is 1.44 bits per heavy atom. The third kappa shape index (κ3) is 190. The van der Waals surface area contributed by atoms with E-state index in [1.807, 2.05) is 52.0 Å². The zero-order chi connectivity index (χ0) is 15.6. The highest BCUT2D eigenvalue weighted by molar-refractivity contribution is 5.72. The van der Waals surface area contributed by atoms with Gasteiger partial charge >= 0.3 is 0 Å². The first kappa shape index (κ1) is 25.7. The SMILES string of the molecule is C=C(C)/C=C\C=C/C.CC.CC(C)=O.CC(C)C. The summed E-state index contributed by atoms with van der Waals surface area (Å²) >= 11 is 0. The fourth-order valence-corrected chi connectivity index (χ4v) is 0.331. The molecule has 0 saturated heterocycles. The minimum atomic E-state index is 0.167. The fourth-order valence-electron chi connectivity index (χ4n) is 0.331. The molecule has 108 valence electrons. The van der Waals surface area contributed by atoms with Gasteiger partial charge in [0, 0.05) is 0 Å².